The zero-order valence-electron chi connectivity index (χ0n) is 21.2. The minimum atomic E-state index is -4.90. The third-order valence-corrected chi connectivity index (χ3v) is 6.98. The molecule has 1 aliphatic heterocycles. The molecule has 208 valence electrons. The van der Waals surface area contributed by atoms with Crippen molar-refractivity contribution in [2.45, 2.75) is 30.7 Å². The first-order valence-corrected chi connectivity index (χ1v) is 11.9. The van der Waals surface area contributed by atoms with Crippen LogP contribution in [-0.2, 0) is 17.6 Å². The average molecular weight is 558 g/mol. The molecule has 0 fully saturated rings. The number of nitrogens with zero attached hydrogens (tertiary/aromatic N) is 4. The van der Waals surface area contributed by atoms with Gasteiger partial charge in [0.25, 0.3) is 0 Å². The summed E-state index contributed by atoms with van der Waals surface area (Å²) in [5.41, 5.74) is 0.849. The van der Waals surface area contributed by atoms with Crippen LogP contribution >= 0.6 is 0 Å². The molecule has 0 saturated carbocycles. The van der Waals surface area contributed by atoms with E-state index in [1.807, 2.05) is 0 Å². The predicted molar refractivity (Wildman–Crippen MR) is 133 cm³/mol. The van der Waals surface area contributed by atoms with Crippen molar-refractivity contribution in [3.8, 4) is 22.8 Å². The minimum absolute atomic E-state index is 0.0397. The molecule has 9 nitrogen and oxygen atoms in total. The second-order valence-corrected chi connectivity index (χ2v) is 9.56. The molecule has 3 heterocycles. The van der Waals surface area contributed by atoms with Crippen LogP contribution in [0.3, 0.4) is 0 Å². The number of halogens is 4. The van der Waals surface area contributed by atoms with Crippen LogP contribution in [0.25, 0.3) is 11.3 Å². The van der Waals surface area contributed by atoms with Gasteiger partial charge in [-0.3, -0.25) is 9.36 Å². The summed E-state index contributed by atoms with van der Waals surface area (Å²) in [5, 5.41) is 18.8. The van der Waals surface area contributed by atoms with E-state index in [1.54, 1.807) is 12.1 Å². The van der Waals surface area contributed by atoms with Gasteiger partial charge >= 0.3 is 6.18 Å². The molecule has 3 N–H and O–H groups in total. The molecule has 1 amide bonds. The Hall–Kier alpha value is -4.52. The fourth-order valence-corrected chi connectivity index (χ4v) is 4.92. The molecule has 1 aliphatic rings. The molecule has 4 aromatic rings. The molecule has 0 radical (unpaired) electrons. The summed E-state index contributed by atoms with van der Waals surface area (Å²) in [6, 6.07) is 10.6. The summed E-state index contributed by atoms with van der Waals surface area (Å²) in [6.45, 7) is 0.487. The molecule has 40 heavy (non-hydrogen) atoms. The Kier molecular flexibility index (Phi) is 6.49. The Morgan fingerprint density at radius 2 is 1.85 bits per heavy atom. The molecular formula is C27H23F4N5O4. The minimum Gasteiger partial charge on any atom is -0.496 e. The molecular weight excluding hydrogens is 534 g/mol. The smallest absolute Gasteiger partial charge is 0.419 e. The fraction of sp³-hybridized carbons (Fsp3) is 0.259. The highest BCUT2D eigenvalue weighted by Crippen LogP contribution is 2.53. The van der Waals surface area contributed by atoms with E-state index in [0.29, 0.717) is 0 Å². The molecule has 0 saturated heterocycles. The summed E-state index contributed by atoms with van der Waals surface area (Å²) in [7, 11) is 1.37. The fourth-order valence-electron chi connectivity index (χ4n) is 4.92. The number of carbonyl (C=O) groups is 1. The maximum Gasteiger partial charge on any atom is 0.419 e. The highest BCUT2D eigenvalue weighted by atomic mass is 19.4. The van der Waals surface area contributed by atoms with Gasteiger partial charge in [-0.15, -0.1) is 10.2 Å². The summed E-state index contributed by atoms with van der Waals surface area (Å²) >= 11 is 0. The number of hydrogen-bond donors (Lipinski definition) is 2. The van der Waals surface area contributed by atoms with Crippen LogP contribution < -0.4 is 15.2 Å². The summed E-state index contributed by atoms with van der Waals surface area (Å²) in [4.78, 5) is 16.7. The standard InChI is InChI=1S/C27H23F4N5O4/c1-25(38,11-18-17(24(32)37)4-3-5-20(18)39-2)21-10-19-23(22(35-21)15-6-8-16(28)9-7-15)40-12-26(19,27(29,30)31)36-13-33-34-14-36/h3-10,13-14,38H,11-12H2,1-2H3,(H2,32,37)/t25-,26-/m0/s1. The lowest BCUT2D eigenvalue weighted by Gasteiger charge is -2.32. The lowest BCUT2D eigenvalue weighted by Crippen LogP contribution is -2.49. The molecule has 0 spiro atoms. The van der Waals surface area contributed by atoms with Crippen LogP contribution in [-0.4, -0.2) is 50.7 Å². The second kappa shape index (κ2) is 9.59. The van der Waals surface area contributed by atoms with Crippen LogP contribution in [0.2, 0.25) is 0 Å². The maximum absolute atomic E-state index is 14.9. The molecule has 0 aliphatic carbocycles. The van der Waals surface area contributed by atoms with Crippen molar-refractivity contribution in [3.63, 3.8) is 0 Å². The first kappa shape index (κ1) is 27.1. The zero-order chi connectivity index (χ0) is 28.9. The monoisotopic (exact) mass is 557 g/mol. The van der Waals surface area contributed by atoms with Crippen molar-refractivity contribution in [2.24, 2.45) is 5.73 Å². The van der Waals surface area contributed by atoms with Gasteiger partial charge in [-0.2, -0.15) is 13.2 Å². The molecule has 0 unspecified atom stereocenters. The Morgan fingerprint density at radius 1 is 1.18 bits per heavy atom. The van der Waals surface area contributed by atoms with Crippen LogP contribution in [0.1, 0.15) is 34.1 Å². The summed E-state index contributed by atoms with van der Waals surface area (Å²) in [6.07, 6.45) is -3.34. The van der Waals surface area contributed by atoms with Gasteiger partial charge in [0, 0.05) is 28.7 Å². The predicted octanol–water partition coefficient (Wildman–Crippen LogP) is 3.74. The number of primary amides is 1. The molecule has 2 aromatic carbocycles. The number of nitrogens with two attached hydrogens (primary N) is 1. The molecule has 2 atom stereocenters. The number of ether oxygens (including phenoxy) is 2. The number of fused-ring (bicyclic) bond motifs is 1. The lowest BCUT2D eigenvalue weighted by atomic mass is 9.85. The number of benzene rings is 2. The Bertz CT molecular complexity index is 1570. The van der Waals surface area contributed by atoms with Crippen molar-refractivity contribution in [1.82, 2.24) is 19.7 Å². The lowest BCUT2D eigenvalue weighted by molar-refractivity contribution is -0.202. The highest BCUT2D eigenvalue weighted by Gasteiger charge is 2.63. The van der Waals surface area contributed by atoms with Gasteiger partial charge < -0.3 is 20.3 Å². The van der Waals surface area contributed by atoms with Crippen molar-refractivity contribution in [1.29, 1.82) is 0 Å². The molecule has 5 rings (SSSR count). The Balaban J connectivity index is 1.76. The maximum atomic E-state index is 14.9. The van der Waals surface area contributed by atoms with Gasteiger partial charge in [-0.05, 0) is 49.4 Å². The zero-order valence-corrected chi connectivity index (χ0v) is 21.2. The number of aromatic nitrogens is 4. The number of methoxy groups -OCH3 is 1. The van der Waals surface area contributed by atoms with E-state index in [-0.39, 0.29) is 51.6 Å². The second-order valence-electron chi connectivity index (χ2n) is 9.56. The van der Waals surface area contributed by atoms with E-state index in [2.05, 4.69) is 15.2 Å². The van der Waals surface area contributed by atoms with Gasteiger partial charge in [-0.25, -0.2) is 9.37 Å². The third kappa shape index (κ3) is 4.31. The van der Waals surface area contributed by atoms with Crippen LogP contribution in [0.4, 0.5) is 17.6 Å². The van der Waals surface area contributed by atoms with E-state index >= 15 is 0 Å². The molecule has 0 bridgehead atoms. The highest BCUT2D eigenvalue weighted by molar-refractivity contribution is 5.95. The third-order valence-electron chi connectivity index (χ3n) is 6.98. The Labute approximate surface area is 225 Å². The van der Waals surface area contributed by atoms with Crippen molar-refractivity contribution in [2.75, 3.05) is 13.7 Å². The number of rotatable bonds is 7. The van der Waals surface area contributed by atoms with Gasteiger partial charge in [0.2, 0.25) is 11.4 Å². The first-order valence-electron chi connectivity index (χ1n) is 11.9. The number of alkyl halides is 3. The van der Waals surface area contributed by atoms with Gasteiger partial charge in [0.05, 0.1) is 12.8 Å². The summed E-state index contributed by atoms with van der Waals surface area (Å²) < 4.78 is 70.2. The average Bonchev–Trinajstić information content (AvgIpc) is 3.57. The van der Waals surface area contributed by atoms with Crippen molar-refractivity contribution in [3.05, 3.63) is 89.4 Å². The molecule has 13 heteroatoms. The SMILES string of the molecule is COc1cccc(C(N)=O)c1C[C@](C)(O)c1cc2c(c(-c3ccc(F)cc3)n1)OC[C@@]2(n1cnnc1)C(F)(F)F. The van der Waals surface area contributed by atoms with Crippen molar-refractivity contribution < 1.29 is 36.9 Å². The van der Waals surface area contributed by atoms with Crippen LogP contribution in [0, 0.1) is 5.82 Å². The number of pyridine rings is 1. The van der Waals surface area contributed by atoms with Gasteiger partial charge in [0.15, 0.2) is 5.75 Å². The number of hydrogen-bond acceptors (Lipinski definition) is 7. The largest absolute Gasteiger partial charge is 0.496 e. The van der Waals surface area contributed by atoms with Crippen LogP contribution in [0.5, 0.6) is 11.5 Å². The van der Waals surface area contributed by atoms with Crippen molar-refractivity contribution >= 4 is 5.91 Å². The van der Waals surface area contributed by atoms with Gasteiger partial charge in [0.1, 0.15) is 42.1 Å². The topological polar surface area (TPSA) is 125 Å². The number of aliphatic hydroxyl groups is 1. The summed E-state index contributed by atoms with van der Waals surface area (Å²) in [5.74, 6) is -1.29. The van der Waals surface area contributed by atoms with E-state index in [9.17, 15) is 27.5 Å². The van der Waals surface area contributed by atoms with E-state index in [0.717, 1.165) is 35.4 Å². The first-order chi connectivity index (χ1) is 18.9. The Morgan fingerprint density at radius 3 is 2.45 bits per heavy atom. The normalized spacial score (nSPS) is 18.1. The van der Waals surface area contributed by atoms with E-state index in [4.69, 9.17) is 15.2 Å². The van der Waals surface area contributed by atoms with E-state index < -0.39 is 35.6 Å². The number of amides is 1. The van der Waals surface area contributed by atoms with Crippen LogP contribution in [0.15, 0.2) is 61.2 Å². The molecule has 2 aromatic heterocycles. The number of carbonyl (C=O) groups excluding carboxylic acids is 1. The van der Waals surface area contributed by atoms with Gasteiger partial charge in [-0.1, -0.05) is 6.07 Å². The van der Waals surface area contributed by atoms with E-state index in [1.165, 1.54) is 32.2 Å². The quantitative estimate of drug-likeness (QED) is 0.332.